The summed E-state index contributed by atoms with van der Waals surface area (Å²) in [4.78, 5) is 13.3. The zero-order valence-corrected chi connectivity index (χ0v) is 11.6. The maximum Gasteiger partial charge on any atom is 0.321 e. The average Bonchev–Trinajstić information content (AvgIpc) is 3.25. The van der Waals surface area contributed by atoms with Crippen molar-refractivity contribution >= 4 is 11.7 Å². The summed E-state index contributed by atoms with van der Waals surface area (Å²) >= 11 is 0. The van der Waals surface area contributed by atoms with Gasteiger partial charge in [0.25, 0.3) is 0 Å². The van der Waals surface area contributed by atoms with Crippen molar-refractivity contribution < 1.29 is 19.0 Å². The Labute approximate surface area is 117 Å². The normalized spacial score (nSPS) is 15.6. The van der Waals surface area contributed by atoms with E-state index in [1.165, 1.54) is 30.2 Å². The zero-order chi connectivity index (χ0) is 14.7. The van der Waals surface area contributed by atoms with Crippen molar-refractivity contribution in [3.63, 3.8) is 0 Å². The monoisotopic (exact) mass is 282 g/mol. The lowest BCUT2D eigenvalue weighted by Crippen LogP contribution is -2.38. The number of urea groups is 1. The van der Waals surface area contributed by atoms with E-state index in [9.17, 15) is 14.3 Å². The van der Waals surface area contributed by atoms with Crippen LogP contribution in [0.4, 0.5) is 14.9 Å². The van der Waals surface area contributed by atoms with Crippen LogP contribution in [-0.4, -0.2) is 42.8 Å². The molecule has 0 radical (unpaired) electrons. The highest BCUT2D eigenvalue weighted by Crippen LogP contribution is 2.32. The van der Waals surface area contributed by atoms with E-state index >= 15 is 0 Å². The van der Waals surface area contributed by atoms with Gasteiger partial charge in [0.15, 0.2) is 0 Å². The second kappa shape index (κ2) is 6.09. The smallest absolute Gasteiger partial charge is 0.321 e. The first-order chi connectivity index (χ1) is 9.51. The number of carbonyl (C=O) groups is 1. The molecule has 1 fully saturated rings. The molecule has 1 aromatic rings. The number of anilines is 1. The minimum absolute atomic E-state index is 0.0575. The number of nitrogens with zero attached hydrogens (tertiary/aromatic N) is 1. The van der Waals surface area contributed by atoms with Crippen LogP contribution in [0.3, 0.4) is 0 Å². The van der Waals surface area contributed by atoms with Gasteiger partial charge in [-0.3, -0.25) is 0 Å². The van der Waals surface area contributed by atoms with Gasteiger partial charge in [-0.2, -0.15) is 0 Å². The van der Waals surface area contributed by atoms with Gasteiger partial charge in [0.05, 0.1) is 18.9 Å². The summed E-state index contributed by atoms with van der Waals surface area (Å²) < 4.78 is 18.6. The molecule has 2 rings (SSSR count). The fourth-order valence-electron chi connectivity index (χ4n) is 1.93. The Balaban J connectivity index is 1.95. The molecule has 0 aromatic heterocycles. The third-order valence-electron chi connectivity index (χ3n) is 3.39. The number of benzene rings is 1. The average molecular weight is 282 g/mol. The van der Waals surface area contributed by atoms with E-state index in [4.69, 9.17) is 4.74 Å². The van der Waals surface area contributed by atoms with Crippen LogP contribution in [0.25, 0.3) is 0 Å². The lowest BCUT2D eigenvalue weighted by molar-refractivity contribution is 0.117. The highest BCUT2D eigenvalue weighted by molar-refractivity contribution is 5.89. The molecule has 110 valence electrons. The molecular weight excluding hydrogens is 263 g/mol. The van der Waals surface area contributed by atoms with E-state index in [0.29, 0.717) is 11.7 Å². The van der Waals surface area contributed by atoms with Gasteiger partial charge >= 0.3 is 6.03 Å². The van der Waals surface area contributed by atoms with Crippen LogP contribution in [0.2, 0.25) is 0 Å². The summed E-state index contributed by atoms with van der Waals surface area (Å²) in [5, 5.41) is 12.3. The molecule has 1 saturated carbocycles. The molecule has 2 N–H and O–H groups in total. The molecule has 0 saturated heterocycles. The van der Waals surface area contributed by atoms with Crippen molar-refractivity contribution in [1.82, 2.24) is 4.90 Å². The topological polar surface area (TPSA) is 61.8 Å². The molecule has 6 heteroatoms. The first kappa shape index (κ1) is 14.6. The molecule has 0 bridgehead atoms. The zero-order valence-electron chi connectivity index (χ0n) is 11.6. The van der Waals surface area contributed by atoms with Gasteiger partial charge in [0.1, 0.15) is 11.6 Å². The highest BCUT2D eigenvalue weighted by Gasteiger charge is 2.31. The summed E-state index contributed by atoms with van der Waals surface area (Å²) in [5.41, 5.74) is 0.0575. The van der Waals surface area contributed by atoms with Crippen LogP contribution >= 0.6 is 0 Å². The van der Waals surface area contributed by atoms with Crippen LogP contribution in [0.5, 0.6) is 5.75 Å². The predicted octanol–water partition coefficient (Wildman–Crippen LogP) is 2.07. The predicted molar refractivity (Wildman–Crippen MR) is 73.3 cm³/mol. The number of hydrogen-bond donors (Lipinski definition) is 2. The van der Waals surface area contributed by atoms with Crippen LogP contribution in [-0.2, 0) is 0 Å². The number of aliphatic hydroxyl groups is 1. The number of likely N-dealkylation sites (N-methyl/N-ethyl adjacent to an activating group) is 1. The molecule has 1 aromatic carbocycles. The quantitative estimate of drug-likeness (QED) is 0.869. The molecule has 1 aliphatic carbocycles. The van der Waals surface area contributed by atoms with Crippen molar-refractivity contribution in [3.8, 4) is 5.75 Å². The largest absolute Gasteiger partial charge is 0.497 e. The molecule has 5 nitrogen and oxygen atoms in total. The summed E-state index contributed by atoms with van der Waals surface area (Å²) in [6.07, 6.45) is 1.49. The second-order valence-corrected chi connectivity index (χ2v) is 5.06. The van der Waals surface area contributed by atoms with Crippen LogP contribution in [0, 0.1) is 11.7 Å². The Hall–Kier alpha value is -1.82. The van der Waals surface area contributed by atoms with Gasteiger partial charge in [0, 0.05) is 19.7 Å². The molecule has 0 aliphatic heterocycles. The van der Waals surface area contributed by atoms with Crippen LogP contribution in [0.15, 0.2) is 18.2 Å². The summed E-state index contributed by atoms with van der Waals surface area (Å²) in [7, 11) is 3.04. The Bertz CT molecular complexity index is 491. The van der Waals surface area contributed by atoms with Gasteiger partial charge in [-0.1, -0.05) is 0 Å². The lowest BCUT2D eigenvalue weighted by atomic mass is 10.2. The van der Waals surface area contributed by atoms with E-state index in [1.54, 1.807) is 7.05 Å². The van der Waals surface area contributed by atoms with E-state index in [0.717, 1.165) is 12.8 Å². The third kappa shape index (κ3) is 3.60. The van der Waals surface area contributed by atoms with E-state index in [-0.39, 0.29) is 12.2 Å². The summed E-state index contributed by atoms with van der Waals surface area (Å²) in [6, 6.07) is 3.66. The van der Waals surface area contributed by atoms with Crippen molar-refractivity contribution in [3.05, 3.63) is 24.0 Å². The van der Waals surface area contributed by atoms with E-state index in [1.807, 2.05) is 0 Å². The molecular formula is C14H19FN2O3. The van der Waals surface area contributed by atoms with Crippen molar-refractivity contribution in [1.29, 1.82) is 0 Å². The fraction of sp³-hybridized carbons (Fsp3) is 0.500. The number of methoxy groups -OCH3 is 1. The van der Waals surface area contributed by atoms with Gasteiger partial charge < -0.3 is 20.1 Å². The number of aliphatic hydroxyl groups excluding tert-OH is 1. The van der Waals surface area contributed by atoms with Gasteiger partial charge in [0.2, 0.25) is 0 Å². The Morgan fingerprint density at radius 2 is 2.30 bits per heavy atom. The SMILES string of the molecule is COc1ccc(F)c(NC(=O)N(C)CC(O)C2CC2)c1. The number of halogens is 1. The molecule has 1 aliphatic rings. The first-order valence-electron chi connectivity index (χ1n) is 6.55. The minimum Gasteiger partial charge on any atom is -0.497 e. The number of carbonyl (C=O) groups excluding carboxylic acids is 1. The summed E-state index contributed by atoms with van der Waals surface area (Å²) in [5.74, 6) is 0.219. The molecule has 0 spiro atoms. The van der Waals surface area contributed by atoms with E-state index < -0.39 is 18.0 Å². The fourth-order valence-corrected chi connectivity index (χ4v) is 1.93. The van der Waals surface area contributed by atoms with Crippen molar-refractivity contribution in [2.75, 3.05) is 26.0 Å². The third-order valence-corrected chi connectivity index (χ3v) is 3.39. The first-order valence-corrected chi connectivity index (χ1v) is 6.55. The highest BCUT2D eigenvalue weighted by atomic mass is 19.1. The number of rotatable bonds is 5. The summed E-state index contributed by atoms with van der Waals surface area (Å²) in [6.45, 7) is 0.238. The molecule has 1 unspecified atom stereocenters. The maximum atomic E-state index is 13.6. The molecule has 2 amide bonds. The Morgan fingerprint density at radius 3 is 2.90 bits per heavy atom. The lowest BCUT2D eigenvalue weighted by Gasteiger charge is -2.21. The Morgan fingerprint density at radius 1 is 1.60 bits per heavy atom. The van der Waals surface area contributed by atoms with E-state index in [2.05, 4.69) is 5.32 Å². The number of nitrogens with one attached hydrogen (secondary N) is 1. The van der Waals surface area contributed by atoms with Crippen molar-refractivity contribution in [2.45, 2.75) is 18.9 Å². The Kier molecular flexibility index (Phi) is 4.44. The van der Waals surface area contributed by atoms with Gasteiger partial charge in [-0.05, 0) is 30.9 Å². The standard InChI is InChI=1S/C14H19FN2O3/c1-17(8-13(18)9-3-4-9)14(19)16-12-7-10(20-2)5-6-11(12)15/h5-7,9,13,18H,3-4,8H2,1-2H3,(H,16,19). The number of ether oxygens (including phenoxy) is 1. The number of hydrogen-bond acceptors (Lipinski definition) is 3. The van der Waals surface area contributed by atoms with Crippen LogP contribution in [0.1, 0.15) is 12.8 Å². The maximum absolute atomic E-state index is 13.6. The van der Waals surface area contributed by atoms with Crippen molar-refractivity contribution in [2.24, 2.45) is 5.92 Å². The molecule has 0 heterocycles. The van der Waals surface area contributed by atoms with Gasteiger partial charge in [-0.15, -0.1) is 0 Å². The number of amides is 2. The van der Waals surface area contributed by atoms with Crippen LogP contribution < -0.4 is 10.1 Å². The second-order valence-electron chi connectivity index (χ2n) is 5.06. The molecule has 20 heavy (non-hydrogen) atoms. The minimum atomic E-state index is -0.532. The van der Waals surface area contributed by atoms with Gasteiger partial charge in [-0.25, -0.2) is 9.18 Å². The molecule has 1 atom stereocenters.